The van der Waals surface area contributed by atoms with Gasteiger partial charge in [-0.15, -0.1) is 0 Å². The van der Waals surface area contributed by atoms with Gasteiger partial charge in [0.1, 0.15) is 0 Å². The molecule has 4 nitrogen and oxygen atoms in total. The minimum absolute atomic E-state index is 0.000504. The molecule has 0 aliphatic carbocycles. The molecule has 3 atom stereocenters. The monoisotopic (exact) mass is 304 g/mol. The third kappa shape index (κ3) is 6.23. The first-order valence-corrected chi connectivity index (χ1v) is 8.11. The van der Waals surface area contributed by atoms with E-state index in [1.807, 2.05) is 0 Å². The van der Waals surface area contributed by atoms with Crippen LogP contribution in [0.25, 0.3) is 0 Å². The van der Waals surface area contributed by atoms with Crippen LogP contribution in [-0.4, -0.2) is 52.9 Å². The lowest BCUT2D eigenvalue weighted by Gasteiger charge is -2.43. The van der Waals surface area contributed by atoms with Gasteiger partial charge in [0.2, 0.25) is 0 Å². The lowest BCUT2D eigenvalue weighted by Crippen LogP contribution is -2.51. The molecule has 0 aromatic heterocycles. The molecule has 128 valence electrons. The second-order valence-electron chi connectivity index (χ2n) is 6.02. The molecule has 21 heavy (non-hydrogen) atoms. The van der Waals surface area contributed by atoms with Crippen molar-refractivity contribution in [3.63, 3.8) is 0 Å². The van der Waals surface area contributed by atoms with Crippen LogP contribution in [0.3, 0.4) is 0 Å². The summed E-state index contributed by atoms with van der Waals surface area (Å²) in [5.41, 5.74) is -0.340. The molecule has 0 saturated carbocycles. The maximum absolute atomic E-state index is 5.94. The fourth-order valence-electron chi connectivity index (χ4n) is 3.05. The number of hydrogen-bond donors (Lipinski definition) is 0. The first-order chi connectivity index (χ1) is 10.0. The van der Waals surface area contributed by atoms with Crippen molar-refractivity contribution in [3.05, 3.63) is 0 Å². The highest BCUT2D eigenvalue weighted by atomic mass is 16.5. The summed E-state index contributed by atoms with van der Waals surface area (Å²) >= 11 is 0. The second kappa shape index (κ2) is 11.4. The van der Waals surface area contributed by atoms with E-state index in [0.29, 0.717) is 12.5 Å². The third-order valence-corrected chi connectivity index (χ3v) is 4.57. The highest BCUT2D eigenvalue weighted by Gasteiger charge is 2.43. The van der Waals surface area contributed by atoms with Crippen LogP contribution in [-0.2, 0) is 18.9 Å². The Morgan fingerprint density at radius 3 is 2.05 bits per heavy atom. The largest absolute Gasteiger partial charge is 0.385 e. The lowest BCUT2D eigenvalue weighted by molar-refractivity contribution is -0.165. The van der Waals surface area contributed by atoms with Crippen LogP contribution in [0.5, 0.6) is 0 Å². The van der Waals surface area contributed by atoms with E-state index < -0.39 is 0 Å². The van der Waals surface area contributed by atoms with Crippen LogP contribution in [0.2, 0.25) is 0 Å². The average molecular weight is 304 g/mol. The highest BCUT2D eigenvalue weighted by molar-refractivity contribution is 4.93. The van der Waals surface area contributed by atoms with Gasteiger partial charge in [-0.25, -0.2) is 0 Å². The van der Waals surface area contributed by atoms with Crippen LogP contribution >= 0.6 is 0 Å². The van der Waals surface area contributed by atoms with Crippen molar-refractivity contribution < 1.29 is 18.9 Å². The standard InChI is InChI=1S/C17H36O4/c1-8-9-10-15(19-5)13-16(20-6)17(21-7,14(2)3)11-12-18-4/h14-16H,8-13H2,1-7H3. The van der Waals surface area contributed by atoms with Gasteiger partial charge in [0.15, 0.2) is 0 Å². The van der Waals surface area contributed by atoms with Crippen molar-refractivity contribution in [1.29, 1.82) is 0 Å². The van der Waals surface area contributed by atoms with E-state index in [1.54, 1.807) is 28.4 Å². The molecule has 0 radical (unpaired) electrons. The van der Waals surface area contributed by atoms with Gasteiger partial charge in [0.05, 0.1) is 17.8 Å². The van der Waals surface area contributed by atoms with Gasteiger partial charge in [0, 0.05) is 47.9 Å². The Balaban J connectivity index is 5.01. The van der Waals surface area contributed by atoms with Crippen LogP contribution < -0.4 is 0 Å². The van der Waals surface area contributed by atoms with Gasteiger partial charge < -0.3 is 18.9 Å². The Bertz CT molecular complexity index is 245. The highest BCUT2D eigenvalue weighted by Crippen LogP contribution is 2.34. The smallest absolute Gasteiger partial charge is 0.0984 e. The van der Waals surface area contributed by atoms with Gasteiger partial charge in [0.25, 0.3) is 0 Å². The maximum Gasteiger partial charge on any atom is 0.0984 e. The van der Waals surface area contributed by atoms with Gasteiger partial charge in [-0.2, -0.15) is 0 Å². The number of hydrogen-bond acceptors (Lipinski definition) is 4. The minimum Gasteiger partial charge on any atom is -0.385 e. The van der Waals surface area contributed by atoms with Crippen LogP contribution in [0.1, 0.15) is 52.9 Å². The molecule has 0 saturated heterocycles. The molecular weight excluding hydrogens is 268 g/mol. The average Bonchev–Trinajstić information content (AvgIpc) is 2.49. The quantitative estimate of drug-likeness (QED) is 0.520. The summed E-state index contributed by atoms with van der Waals surface area (Å²) < 4.78 is 22.7. The molecule has 0 aromatic rings. The Morgan fingerprint density at radius 2 is 1.67 bits per heavy atom. The normalized spacial score (nSPS) is 17.7. The molecule has 0 spiro atoms. The molecule has 0 heterocycles. The van der Waals surface area contributed by atoms with E-state index in [-0.39, 0.29) is 17.8 Å². The van der Waals surface area contributed by atoms with Gasteiger partial charge in [-0.1, -0.05) is 33.6 Å². The number of ether oxygens (including phenoxy) is 4. The Hall–Kier alpha value is -0.160. The zero-order valence-corrected chi connectivity index (χ0v) is 15.1. The summed E-state index contributed by atoms with van der Waals surface area (Å²) in [5, 5.41) is 0. The minimum atomic E-state index is -0.340. The van der Waals surface area contributed by atoms with E-state index in [4.69, 9.17) is 18.9 Å². The second-order valence-corrected chi connectivity index (χ2v) is 6.02. The predicted octanol–water partition coefficient (Wildman–Crippen LogP) is 3.67. The Morgan fingerprint density at radius 1 is 1.00 bits per heavy atom. The topological polar surface area (TPSA) is 36.9 Å². The van der Waals surface area contributed by atoms with Gasteiger partial charge in [-0.05, 0) is 12.3 Å². The summed E-state index contributed by atoms with van der Waals surface area (Å²) in [5.74, 6) is 0.339. The molecule has 0 amide bonds. The van der Waals surface area contributed by atoms with Crippen molar-refractivity contribution in [1.82, 2.24) is 0 Å². The Kier molecular flexibility index (Phi) is 11.3. The van der Waals surface area contributed by atoms with Gasteiger partial charge >= 0.3 is 0 Å². The lowest BCUT2D eigenvalue weighted by atomic mass is 9.79. The molecular formula is C17H36O4. The van der Waals surface area contributed by atoms with Crippen molar-refractivity contribution in [2.24, 2.45) is 5.92 Å². The summed E-state index contributed by atoms with van der Waals surface area (Å²) in [6.45, 7) is 7.23. The molecule has 0 rings (SSSR count). The van der Waals surface area contributed by atoms with Crippen molar-refractivity contribution in [2.45, 2.75) is 70.7 Å². The molecule has 0 fully saturated rings. The molecule has 0 bridgehead atoms. The van der Waals surface area contributed by atoms with E-state index >= 15 is 0 Å². The summed E-state index contributed by atoms with van der Waals surface area (Å²) in [7, 11) is 7.05. The molecule has 0 N–H and O–H groups in total. The van der Waals surface area contributed by atoms with Crippen LogP contribution in [0.4, 0.5) is 0 Å². The van der Waals surface area contributed by atoms with Crippen LogP contribution in [0, 0.1) is 5.92 Å². The van der Waals surface area contributed by atoms with Crippen LogP contribution in [0.15, 0.2) is 0 Å². The Labute approximate surface area is 131 Å². The van der Waals surface area contributed by atoms with E-state index in [0.717, 1.165) is 19.3 Å². The number of rotatable bonds is 13. The molecule has 0 aliphatic heterocycles. The maximum atomic E-state index is 5.94. The first kappa shape index (κ1) is 20.8. The third-order valence-electron chi connectivity index (χ3n) is 4.57. The van der Waals surface area contributed by atoms with E-state index in [9.17, 15) is 0 Å². The molecule has 4 heteroatoms. The van der Waals surface area contributed by atoms with E-state index in [2.05, 4.69) is 20.8 Å². The fourth-order valence-corrected chi connectivity index (χ4v) is 3.05. The zero-order chi connectivity index (χ0) is 16.3. The van der Waals surface area contributed by atoms with E-state index in [1.165, 1.54) is 12.8 Å². The molecule has 3 unspecified atom stereocenters. The predicted molar refractivity (Wildman–Crippen MR) is 86.8 cm³/mol. The SMILES string of the molecule is CCCCC(CC(OC)C(CCOC)(OC)C(C)C)OC. The summed E-state index contributed by atoms with van der Waals surface area (Å²) in [6, 6.07) is 0. The molecule has 0 aromatic carbocycles. The van der Waals surface area contributed by atoms with Crippen molar-refractivity contribution in [3.8, 4) is 0 Å². The summed E-state index contributed by atoms with van der Waals surface area (Å²) in [4.78, 5) is 0. The number of methoxy groups -OCH3 is 4. The van der Waals surface area contributed by atoms with Crippen molar-refractivity contribution >= 4 is 0 Å². The summed E-state index contributed by atoms with van der Waals surface area (Å²) in [6.07, 6.45) is 5.30. The number of unbranched alkanes of at least 4 members (excludes halogenated alkanes) is 1. The first-order valence-electron chi connectivity index (χ1n) is 8.11. The van der Waals surface area contributed by atoms with Gasteiger partial charge in [-0.3, -0.25) is 0 Å². The zero-order valence-electron chi connectivity index (χ0n) is 15.1. The van der Waals surface area contributed by atoms with Crippen molar-refractivity contribution in [2.75, 3.05) is 35.0 Å². The molecule has 0 aliphatic rings. The fraction of sp³-hybridized carbons (Fsp3) is 1.00.